The summed E-state index contributed by atoms with van der Waals surface area (Å²) in [4.78, 5) is -1.87. The van der Waals surface area contributed by atoms with Crippen LogP contribution in [0.15, 0.2) is 29.2 Å². The molecule has 1 aliphatic heterocycles. The van der Waals surface area contributed by atoms with Crippen LogP contribution in [0.2, 0.25) is 0 Å². The van der Waals surface area contributed by atoms with Gasteiger partial charge >= 0.3 is 10.2 Å². The molecule has 1 N–H and O–H groups in total. The van der Waals surface area contributed by atoms with Gasteiger partial charge in [0.15, 0.2) is 0 Å². The molecule has 1 saturated heterocycles. The van der Waals surface area contributed by atoms with E-state index in [1.54, 1.807) is 0 Å². The molecule has 1 heterocycles. The van der Waals surface area contributed by atoms with E-state index >= 15 is 0 Å². The van der Waals surface area contributed by atoms with Gasteiger partial charge in [-0.3, -0.25) is 0 Å². The van der Waals surface area contributed by atoms with Crippen molar-refractivity contribution in [3.05, 3.63) is 29.8 Å². The Balaban J connectivity index is 2.46. The second-order valence-electron chi connectivity index (χ2n) is 5.40. The molecule has 0 aliphatic carbocycles. The van der Waals surface area contributed by atoms with Crippen molar-refractivity contribution >= 4 is 10.2 Å². The largest absolute Gasteiger partial charge is 0.317 e. The summed E-state index contributed by atoms with van der Waals surface area (Å²) in [5.41, 5.74) is -1.52. The van der Waals surface area contributed by atoms with E-state index in [-0.39, 0.29) is 6.42 Å². The predicted octanol–water partition coefficient (Wildman–Crippen LogP) is 4.78. The van der Waals surface area contributed by atoms with Gasteiger partial charge in [0.05, 0.1) is 11.5 Å². The lowest BCUT2D eigenvalue weighted by Crippen LogP contribution is -2.37. The lowest BCUT2D eigenvalue weighted by molar-refractivity contribution is 0.277. The topological polar surface area (TPSA) is 35.8 Å². The molecule has 118 valence electrons. The number of hydrogen-bond donors (Lipinski definition) is 1. The van der Waals surface area contributed by atoms with Gasteiger partial charge in [0, 0.05) is 0 Å². The van der Waals surface area contributed by atoms with Gasteiger partial charge in [-0.25, -0.2) is 0 Å². The fraction of sp³-hybridized carbons (Fsp3) is 0.462. The van der Waals surface area contributed by atoms with Crippen LogP contribution in [0.4, 0.5) is 19.4 Å². The van der Waals surface area contributed by atoms with E-state index in [4.69, 9.17) is 0 Å². The van der Waals surface area contributed by atoms with Crippen LogP contribution >= 0.6 is 10.2 Å². The Morgan fingerprint density at radius 2 is 1.67 bits per heavy atom. The number of benzene rings is 1. The van der Waals surface area contributed by atoms with E-state index in [0.29, 0.717) is 32.0 Å². The molecule has 2 rings (SSSR count). The van der Waals surface area contributed by atoms with Crippen LogP contribution in [0.25, 0.3) is 0 Å². The van der Waals surface area contributed by atoms with Crippen molar-refractivity contribution in [1.29, 1.82) is 5.26 Å². The zero-order chi connectivity index (χ0) is 15.8. The average molecular weight is 326 g/mol. The maximum absolute atomic E-state index is 13.1. The van der Waals surface area contributed by atoms with E-state index in [2.05, 4.69) is 5.32 Å². The first-order chi connectivity index (χ1) is 9.46. The molecule has 0 saturated carbocycles. The highest BCUT2D eigenvalue weighted by Crippen LogP contribution is 3.02. The van der Waals surface area contributed by atoms with Crippen molar-refractivity contribution in [2.45, 2.75) is 24.2 Å². The zero-order valence-corrected chi connectivity index (χ0v) is 11.9. The fourth-order valence-corrected chi connectivity index (χ4v) is 3.60. The average Bonchev–Trinajstić information content (AvgIpc) is 2.37. The molecule has 2 nitrogen and oxygen atoms in total. The third-order valence-electron chi connectivity index (χ3n) is 3.71. The van der Waals surface area contributed by atoms with Gasteiger partial charge in [0.25, 0.3) is 0 Å². The van der Waals surface area contributed by atoms with E-state index in [0.717, 1.165) is 12.1 Å². The molecule has 8 heteroatoms. The fourth-order valence-electron chi connectivity index (χ4n) is 2.62. The summed E-state index contributed by atoms with van der Waals surface area (Å²) in [6.07, 6.45) is 0.378. The molecular formula is C13H15F5N2S. The SMILES string of the molecule is N#CC1(Cc2ccccc2S(F)(F)(F)(F)F)CCNCC1. The lowest BCUT2D eigenvalue weighted by atomic mass is 9.75. The Bertz CT molecular complexity index is 584. The van der Waals surface area contributed by atoms with Crippen LogP contribution in [0, 0.1) is 16.7 Å². The van der Waals surface area contributed by atoms with Crippen molar-refractivity contribution < 1.29 is 19.4 Å². The minimum atomic E-state index is -9.75. The number of nitrogens with zero attached hydrogens (tertiary/aromatic N) is 1. The van der Waals surface area contributed by atoms with Gasteiger partial charge in [-0.1, -0.05) is 37.6 Å². The molecule has 0 radical (unpaired) electrons. The molecular weight excluding hydrogens is 311 g/mol. The number of hydrogen-bond acceptors (Lipinski definition) is 2. The number of nitrogens with one attached hydrogen (secondary N) is 1. The predicted molar refractivity (Wildman–Crippen MR) is 71.7 cm³/mol. The van der Waals surface area contributed by atoms with Crippen LogP contribution in [0.5, 0.6) is 0 Å². The van der Waals surface area contributed by atoms with E-state index in [1.165, 1.54) is 6.07 Å². The first-order valence-electron chi connectivity index (χ1n) is 6.40. The second kappa shape index (κ2) is 4.34. The van der Waals surface area contributed by atoms with Crippen LogP contribution in [0.1, 0.15) is 18.4 Å². The van der Waals surface area contributed by atoms with Crippen LogP contribution in [-0.2, 0) is 6.42 Å². The van der Waals surface area contributed by atoms with Crippen molar-refractivity contribution in [3.8, 4) is 6.07 Å². The smallest absolute Gasteiger partial charge is 0.310 e. The van der Waals surface area contributed by atoms with Crippen molar-refractivity contribution in [2.75, 3.05) is 13.1 Å². The summed E-state index contributed by atoms with van der Waals surface area (Å²) < 4.78 is 65.5. The van der Waals surface area contributed by atoms with Crippen LogP contribution in [-0.4, -0.2) is 13.1 Å². The molecule has 0 bridgehead atoms. The summed E-state index contributed by atoms with van der Waals surface area (Å²) in [6, 6.07) is 5.70. The van der Waals surface area contributed by atoms with Crippen molar-refractivity contribution in [2.24, 2.45) is 5.41 Å². The van der Waals surface area contributed by atoms with Crippen molar-refractivity contribution in [1.82, 2.24) is 5.32 Å². The Hall–Kier alpha value is -1.33. The van der Waals surface area contributed by atoms with E-state index in [9.17, 15) is 24.7 Å². The number of halogens is 5. The molecule has 1 aliphatic rings. The van der Waals surface area contributed by atoms with E-state index < -0.39 is 26.1 Å². The maximum atomic E-state index is 13.1. The molecule has 0 aromatic heterocycles. The highest BCUT2D eigenvalue weighted by molar-refractivity contribution is 8.45. The summed E-state index contributed by atoms with van der Waals surface area (Å²) in [6.45, 7) is 0.984. The molecule has 1 aromatic carbocycles. The molecule has 1 fully saturated rings. The number of rotatable bonds is 3. The summed E-state index contributed by atoms with van der Waals surface area (Å²) in [7, 11) is -9.75. The molecule has 21 heavy (non-hydrogen) atoms. The Kier molecular flexibility index (Phi) is 3.31. The van der Waals surface area contributed by atoms with Gasteiger partial charge in [-0.2, -0.15) is 5.26 Å². The Morgan fingerprint density at radius 1 is 1.10 bits per heavy atom. The molecule has 0 atom stereocenters. The monoisotopic (exact) mass is 326 g/mol. The highest BCUT2D eigenvalue weighted by Gasteiger charge is 2.66. The van der Waals surface area contributed by atoms with Gasteiger partial charge in [0.1, 0.15) is 4.90 Å². The first-order valence-corrected chi connectivity index (χ1v) is 8.35. The molecule has 0 spiro atoms. The molecule has 1 aromatic rings. The van der Waals surface area contributed by atoms with Crippen LogP contribution < -0.4 is 5.32 Å². The normalized spacial score (nSPS) is 21.9. The van der Waals surface area contributed by atoms with E-state index in [1.807, 2.05) is 6.07 Å². The van der Waals surface area contributed by atoms with Gasteiger partial charge < -0.3 is 5.32 Å². The minimum absolute atomic E-state index is 0.313. The molecule has 0 amide bonds. The lowest BCUT2D eigenvalue weighted by Gasteiger charge is -2.42. The third-order valence-corrected chi connectivity index (χ3v) is 4.94. The standard InChI is InChI=1S/C13H15F5N2S/c14-21(15,16,17,18)12-4-2-1-3-11(12)9-13(10-19)5-7-20-8-6-13/h1-4,20H,5-9H2. The number of nitriles is 1. The molecule has 0 unspecified atom stereocenters. The first kappa shape index (κ1) is 16.0. The van der Waals surface area contributed by atoms with Gasteiger partial charge in [0.2, 0.25) is 0 Å². The summed E-state index contributed by atoms with van der Waals surface area (Å²) in [5.74, 6) is 0. The minimum Gasteiger partial charge on any atom is -0.317 e. The quantitative estimate of drug-likeness (QED) is 0.812. The summed E-state index contributed by atoms with van der Waals surface area (Å²) in [5, 5.41) is 12.3. The maximum Gasteiger partial charge on any atom is 0.310 e. The van der Waals surface area contributed by atoms with Crippen LogP contribution in [0.3, 0.4) is 0 Å². The third kappa shape index (κ3) is 3.66. The zero-order valence-electron chi connectivity index (χ0n) is 11.1. The number of piperidine rings is 1. The summed E-state index contributed by atoms with van der Waals surface area (Å²) >= 11 is 0. The Morgan fingerprint density at radius 3 is 2.19 bits per heavy atom. The van der Waals surface area contributed by atoms with Gasteiger partial charge in [-0.15, -0.1) is 0 Å². The Labute approximate surface area is 119 Å². The second-order valence-corrected chi connectivity index (χ2v) is 7.77. The highest BCUT2D eigenvalue weighted by atomic mass is 32.5. The van der Waals surface area contributed by atoms with Crippen molar-refractivity contribution in [3.63, 3.8) is 0 Å². The van der Waals surface area contributed by atoms with Gasteiger partial charge in [-0.05, 0) is 44.0 Å².